The van der Waals surface area contributed by atoms with Gasteiger partial charge in [-0.1, -0.05) is 28.4 Å². The van der Waals surface area contributed by atoms with E-state index in [9.17, 15) is 4.79 Å². The Bertz CT molecular complexity index is 711. The van der Waals surface area contributed by atoms with E-state index in [-0.39, 0.29) is 5.92 Å². The van der Waals surface area contributed by atoms with Gasteiger partial charge in [-0.05, 0) is 44.1 Å². The van der Waals surface area contributed by atoms with Gasteiger partial charge in [-0.15, -0.1) is 5.10 Å². The second kappa shape index (κ2) is 6.86. The third-order valence-corrected chi connectivity index (χ3v) is 4.56. The van der Waals surface area contributed by atoms with Crippen LogP contribution in [0.2, 0.25) is 10.0 Å². The predicted octanol–water partition coefficient (Wildman–Crippen LogP) is 2.87. The first-order valence-electron chi connectivity index (χ1n) is 7.35. The lowest BCUT2D eigenvalue weighted by atomic mass is 9.97. The molecule has 0 atom stereocenters. The van der Waals surface area contributed by atoms with Crippen molar-refractivity contribution in [3.8, 4) is 5.69 Å². The Labute approximate surface area is 143 Å². The molecule has 0 spiro atoms. The predicted molar refractivity (Wildman–Crippen MR) is 87.0 cm³/mol. The molecule has 0 amide bonds. The quantitative estimate of drug-likeness (QED) is 0.913. The summed E-state index contributed by atoms with van der Waals surface area (Å²) >= 11 is 12.1. The molecule has 1 aliphatic heterocycles. The zero-order valence-electron chi connectivity index (χ0n) is 12.3. The number of carboxylic acids is 1. The first-order chi connectivity index (χ1) is 11.0. The van der Waals surface area contributed by atoms with E-state index in [2.05, 4.69) is 15.2 Å². The summed E-state index contributed by atoms with van der Waals surface area (Å²) in [4.78, 5) is 13.2. The van der Waals surface area contributed by atoms with Crippen molar-refractivity contribution in [2.45, 2.75) is 19.4 Å². The summed E-state index contributed by atoms with van der Waals surface area (Å²) in [5.41, 5.74) is 1.55. The molecule has 0 radical (unpaired) electrons. The minimum Gasteiger partial charge on any atom is -0.481 e. The number of aromatic nitrogens is 3. The zero-order chi connectivity index (χ0) is 16.4. The van der Waals surface area contributed by atoms with Gasteiger partial charge < -0.3 is 5.11 Å². The zero-order valence-corrected chi connectivity index (χ0v) is 13.8. The van der Waals surface area contributed by atoms with Crippen LogP contribution in [0, 0.1) is 5.92 Å². The molecule has 1 fully saturated rings. The number of benzene rings is 1. The number of piperidine rings is 1. The first-order valence-corrected chi connectivity index (χ1v) is 8.10. The largest absolute Gasteiger partial charge is 0.481 e. The Kier molecular flexibility index (Phi) is 4.84. The van der Waals surface area contributed by atoms with Crippen LogP contribution in [0.15, 0.2) is 24.4 Å². The average molecular weight is 355 g/mol. The number of aliphatic carboxylic acids is 1. The normalized spacial score (nSPS) is 16.6. The van der Waals surface area contributed by atoms with Crippen molar-refractivity contribution in [3.63, 3.8) is 0 Å². The molecule has 0 saturated carbocycles. The minimum atomic E-state index is -0.701. The molecule has 1 aliphatic rings. The fourth-order valence-corrected chi connectivity index (χ4v) is 3.22. The van der Waals surface area contributed by atoms with Crippen LogP contribution in [0.4, 0.5) is 0 Å². The van der Waals surface area contributed by atoms with Crippen molar-refractivity contribution in [1.82, 2.24) is 19.9 Å². The molecule has 0 aliphatic carbocycles. The topological polar surface area (TPSA) is 71.2 Å². The van der Waals surface area contributed by atoms with Crippen LogP contribution in [0.25, 0.3) is 5.69 Å². The third kappa shape index (κ3) is 3.83. The van der Waals surface area contributed by atoms with E-state index in [1.54, 1.807) is 22.9 Å². The lowest BCUT2D eigenvalue weighted by molar-refractivity contribution is -0.143. The van der Waals surface area contributed by atoms with Gasteiger partial charge in [0, 0.05) is 11.6 Å². The summed E-state index contributed by atoms with van der Waals surface area (Å²) in [5, 5.41) is 18.4. The van der Waals surface area contributed by atoms with E-state index in [1.165, 1.54) is 0 Å². The number of nitrogens with zero attached hydrogens (tertiary/aromatic N) is 4. The summed E-state index contributed by atoms with van der Waals surface area (Å²) in [6.45, 7) is 2.16. The van der Waals surface area contributed by atoms with Crippen molar-refractivity contribution < 1.29 is 9.90 Å². The molecule has 122 valence electrons. The Balaban J connectivity index is 1.65. The maximum absolute atomic E-state index is 11.0. The van der Waals surface area contributed by atoms with Gasteiger partial charge in [-0.25, -0.2) is 4.68 Å². The van der Waals surface area contributed by atoms with Crippen LogP contribution in [0.5, 0.6) is 0 Å². The number of likely N-dealkylation sites (tertiary alicyclic amines) is 1. The molecule has 0 bridgehead atoms. The van der Waals surface area contributed by atoms with E-state index in [0.717, 1.165) is 24.5 Å². The van der Waals surface area contributed by atoms with Gasteiger partial charge in [0.25, 0.3) is 0 Å². The molecule has 3 rings (SSSR count). The number of hydrogen-bond donors (Lipinski definition) is 1. The van der Waals surface area contributed by atoms with Gasteiger partial charge in [0.1, 0.15) is 0 Å². The molecular weight excluding hydrogens is 339 g/mol. The summed E-state index contributed by atoms with van der Waals surface area (Å²) in [7, 11) is 0. The highest BCUT2D eigenvalue weighted by atomic mass is 35.5. The number of carbonyl (C=O) groups is 1. The molecule has 1 saturated heterocycles. The van der Waals surface area contributed by atoms with Crippen LogP contribution in [0.3, 0.4) is 0 Å². The third-order valence-electron chi connectivity index (χ3n) is 4.02. The van der Waals surface area contributed by atoms with Crippen LogP contribution < -0.4 is 0 Å². The SMILES string of the molecule is O=C(O)C1CCN(Cc2cn(-c3ccc(Cl)cc3Cl)nn2)CC1. The van der Waals surface area contributed by atoms with E-state index in [0.29, 0.717) is 29.4 Å². The second-order valence-corrected chi connectivity index (χ2v) is 6.48. The Morgan fingerprint density at radius 1 is 1.30 bits per heavy atom. The van der Waals surface area contributed by atoms with Crippen molar-refractivity contribution in [2.75, 3.05) is 13.1 Å². The highest BCUT2D eigenvalue weighted by molar-refractivity contribution is 6.35. The van der Waals surface area contributed by atoms with Crippen molar-refractivity contribution >= 4 is 29.2 Å². The van der Waals surface area contributed by atoms with Gasteiger partial charge in [0.15, 0.2) is 0 Å². The minimum absolute atomic E-state index is 0.227. The summed E-state index contributed by atoms with van der Waals surface area (Å²) in [6, 6.07) is 5.21. The summed E-state index contributed by atoms with van der Waals surface area (Å²) in [6.07, 6.45) is 3.18. The van der Waals surface area contributed by atoms with Crippen molar-refractivity contribution in [3.05, 3.63) is 40.1 Å². The average Bonchev–Trinajstić information content (AvgIpc) is 2.96. The van der Waals surface area contributed by atoms with E-state index < -0.39 is 5.97 Å². The standard InChI is InChI=1S/C15H16Cl2N4O2/c16-11-1-2-14(13(17)7-11)21-9-12(18-19-21)8-20-5-3-10(4-6-20)15(22)23/h1-2,7,9-10H,3-6,8H2,(H,22,23). The fourth-order valence-electron chi connectivity index (χ4n) is 2.72. The molecular formula is C15H16Cl2N4O2. The molecule has 23 heavy (non-hydrogen) atoms. The summed E-state index contributed by atoms with van der Waals surface area (Å²) in [5.74, 6) is -0.928. The van der Waals surface area contributed by atoms with Crippen molar-refractivity contribution in [1.29, 1.82) is 0 Å². The second-order valence-electron chi connectivity index (χ2n) is 5.64. The molecule has 1 aromatic carbocycles. The van der Waals surface area contributed by atoms with Gasteiger partial charge in [0.05, 0.1) is 28.5 Å². The smallest absolute Gasteiger partial charge is 0.306 e. The molecule has 6 nitrogen and oxygen atoms in total. The lowest BCUT2D eigenvalue weighted by Gasteiger charge is -2.29. The lowest BCUT2D eigenvalue weighted by Crippen LogP contribution is -2.35. The fraction of sp³-hybridized carbons (Fsp3) is 0.400. The van der Waals surface area contributed by atoms with E-state index in [1.807, 2.05) is 6.20 Å². The van der Waals surface area contributed by atoms with Gasteiger partial charge in [-0.2, -0.15) is 0 Å². The highest BCUT2D eigenvalue weighted by Crippen LogP contribution is 2.24. The number of halogens is 2. The maximum Gasteiger partial charge on any atom is 0.306 e. The van der Waals surface area contributed by atoms with Gasteiger partial charge in [-0.3, -0.25) is 9.69 Å². The molecule has 2 heterocycles. The van der Waals surface area contributed by atoms with E-state index >= 15 is 0 Å². The van der Waals surface area contributed by atoms with Crippen LogP contribution >= 0.6 is 23.2 Å². The van der Waals surface area contributed by atoms with Gasteiger partial charge >= 0.3 is 5.97 Å². The summed E-state index contributed by atoms with van der Waals surface area (Å²) < 4.78 is 1.62. The molecule has 8 heteroatoms. The molecule has 2 aromatic rings. The number of rotatable bonds is 4. The van der Waals surface area contributed by atoms with Crippen LogP contribution in [-0.4, -0.2) is 44.1 Å². The monoisotopic (exact) mass is 354 g/mol. The molecule has 1 N–H and O–H groups in total. The van der Waals surface area contributed by atoms with Gasteiger partial charge in [0.2, 0.25) is 0 Å². The molecule has 0 unspecified atom stereocenters. The Hall–Kier alpha value is -1.63. The van der Waals surface area contributed by atoms with E-state index in [4.69, 9.17) is 28.3 Å². The van der Waals surface area contributed by atoms with Crippen LogP contribution in [0.1, 0.15) is 18.5 Å². The maximum atomic E-state index is 11.0. The number of hydrogen-bond acceptors (Lipinski definition) is 4. The van der Waals surface area contributed by atoms with Crippen LogP contribution in [-0.2, 0) is 11.3 Å². The Morgan fingerprint density at radius 2 is 2.04 bits per heavy atom. The number of carboxylic acid groups (broad SMARTS) is 1. The Morgan fingerprint density at radius 3 is 2.70 bits per heavy atom. The van der Waals surface area contributed by atoms with Crippen molar-refractivity contribution in [2.24, 2.45) is 5.92 Å². The first kappa shape index (κ1) is 16.2. The highest BCUT2D eigenvalue weighted by Gasteiger charge is 2.24. The molecule has 1 aromatic heterocycles.